The normalized spacial score (nSPS) is 14.3. The van der Waals surface area contributed by atoms with Gasteiger partial charge in [0, 0.05) is 0 Å². The van der Waals surface area contributed by atoms with Crippen molar-refractivity contribution < 1.29 is 14.4 Å². The minimum absolute atomic E-state index is 0.0740. The smallest absolute Gasteiger partial charge is 0.324 e. The van der Waals surface area contributed by atoms with Gasteiger partial charge in [-0.2, -0.15) is 0 Å². The Bertz CT molecular complexity index is 176. The molecular formula is C10H23O3P. The molecule has 1 atom stereocenters. The summed E-state index contributed by atoms with van der Waals surface area (Å²) in [5.74, 6) is 0.215. The van der Waals surface area contributed by atoms with Crippen molar-refractivity contribution in [2.24, 2.45) is 5.92 Å². The average Bonchev–Trinajstić information content (AvgIpc) is 2.02. The van der Waals surface area contributed by atoms with Crippen LogP contribution in [0.1, 0.15) is 52.4 Å². The van der Waals surface area contributed by atoms with Gasteiger partial charge < -0.3 is 9.79 Å². The van der Waals surface area contributed by atoms with Crippen molar-refractivity contribution >= 4 is 7.60 Å². The molecule has 4 heteroatoms. The molecule has 3 nitrogen and oxygen atoms in total. The first-order chi connectivity index (χ1) is 6.49. The zero-order valence-electron chi connectivity index (χ0n) is 9.28. The van der Waals surface area contributed by atoms with Gasteiger partial charge in [0.2, 0.25) is 0 Å². The van der Waals surface area contributed by atoms with Crippen molar-refractivity contribution in [1.29, 1.82) is 0 Å². The highest BCUT2D eigenvalue weighted by Crippen LogP contribution is 2.39. The number of rotatable bonds is 8. The van der Waals surface area contributed by atoms with E-state index < -0.39 is 7.60 Å². The van der Waals surface area contributed by atoms with Crippen LogP contribution in [0.25, 0.3) is 0 Å². The van der Waals surface area contributed by atoms with Crippen LogP contribution in [0.2, 0.25) is 0 Å². The lowest BCUT2D eigenvalue weighted by atomic mass is 9.98. The van der Waals surface area contributed by atoms with E-state index in [2.05, 4.69) is 13.8 Å². The quantitative estimate of drug-likeness (QED) is 0.490. The molecule has 86 valence electrons. The summed E-state index contributed by atoms with van der Waals surface area (Å²) in [6.45, 7) is 4.20. The molecule has 0 heterocycles. The van der Waals surface area contributed by atoms with Crippen molar-refractivity contribution in [1.82, 2.24) is 0 Å². The second-order valence-corrected chi connectivity index (χ2v) is 5.69. The fourth-order valence-corrected chi connectivity index (χ4v) is 2.79. The summed E-state index contributed by atoms with van der Waals surface area (Å²) >= 11 is 0. The topological polar surface area (TPSA) is 57.5 Å². The standard InChI is InChI=1S/C10H23O3P/c1-3-5-6-8-10(7-4-2)9-14(11,12)13/h10H,3-9H2,1-2H3,(H2,11,12,13). The molecule has 0 radical (unpaired) electrons. The van der Waals surface area contributed by atoms with Crippen molar-refractivity contribution in [3.05, 3.63) is 0 Å². The van der Waals surface area contributed by atoms with Crippen LogP contribution < -0.4 is 0 Å². The Labute approximate surface area is 87.1 Å². The highest BCUT2D eigenvalue weighted by atomic mass is 31.2. The first-order valence-corrected chi connectivity index (χ1v) is 7.34. The van der Waals surface area contributed by atoms with Crippen LogP contribution in [-0.2, 0) is 4.57 Å². The predicted molar refractivity (Wildman–Crippen MR) is 59.5 cm³/mol. The first-order valence-electron chi connectivity index (χ1n) is 5.54. The molecule has 0 aromatic rings. The van der Waals surface area contributed by atoms with Gasteiger partial charge in [0.1, 0.15) is 0 Å². The Morgan fingerprint density at radius 2 is 1.71 bits per heavy atom. The van der Waals surface area contributed by atoms with Gasteiger partial charge in [-0.1, -0.05) is 46.0 Å². The zero-order chi connectivity index (χ0) is 11.0. The summed E-state index contributed by atoms with van der Waals surface area (Å²) in [5.41, 5.74) is 0. The van der Waals surface area contributed by atoms with Gasteiger partial charge in [0.25, 0.3) is 0 Å². The number of hydrogen-bond acceptors (Lipinski definition) is 1. The molecule has 14 heavy (non-hydrogen) atoms. The van der Waals surface area contributed by atoms with Gasteiger partial charge >= 0.3 is 7.60 Å². The van der Waals surface area contributed by atoms with E-state index in [4.69, 9.17) is 9.79 Å². The minimum Gasteiger partial charge on any atom is -0.324 e. The van der Waals surface area contributed by atoms with E-state index in [-0.39, 0.29) is 12.1 Å². The molecule has 2 N–H and O–H groups in total. The summed E-state index contributed by atoms with van der Waals surface area (Å²) in [7, 11) is -3.80. The lowest BCUT2D eigenvalue weighted by molar-refractivity contribution is 0.350. The van der Waals surface area contributed by atoms with E-state index in [1.807, 2.05) is 0 Å². The molecule has 0 aliphatic rings. The van der Waals surface area contributed by atoms with E-state index in [0.29, 0.717) is 0 Å². The lowest BCUT2D eigenvalue weighted by Crippen LogP contribution is -2.06. The van der Waals surface area contributed by atoms with Crippen molar-refractivity contribution in [2.75, 3.05) is 6.16 Å². The zero-order valence-corrected chi connectivity index (χ0v) is 10.2. The molecule has 0 spiro atoms. The maximum absolute atomic E-state index is 10.8. The minimum atomic E-state index is -3.80. The Balaban J connectivity index is 3.83. The third kappa shape index (κ3) is 8.74. The van der Waals surface area contributed by atoms with Crippen LogP contribution in [0.15, 0.2) is 0 Å². The van der Waals surface area contributed by atoms with Gasteiger partial charge in [0.15, 0.2) is 0 Å². The van der Waals surface area contributed by atoms with E-state index in [9.17, 15) is 4.57 Å². The van der Waals surface area contributed by atoms with Crippen molar-refractivity contribution in [3.8, 4) is 0 Å². The molecular weight excluding hydrogens is 199 g/mol. The second kappa shape index (κ2) is 7.44. The third-order valence-electron chi connectivity index (χ3n) is 2.41. The summed E-state index contributed by atoms with van der Waals surface area (Å²) in [6, 6.07) is 0. The van der Waals surface area contributed by atoms with Gasteiger partial charge in [-0.3, -0.25) is 4.57 Å². The maximum Gasteiger partial charge on any atom is 0.325 e. The Kier molecular flexibility index (Phi) is 7.52. The molecule has 0 aliphatic carbocycles. The Hall–Kier alpha value is 0.150. The molecule has 1 unspecified atom stereocenters. The van der Waals surface area contributed by atoms with Crippen LogP contribution in [0.4, 0.5) is 0 Å². The van der Waals surface area contributed by atoms with Crippen LogP contribution in [0, 0.1) is 5.92 Å². The third-order valence-corrected chi connectivity index (χ3v) is 3.40. The molecule has 0 bridgehead atoms. The average molecular weight is 222 g/mol. The fourth-order valence-electron chi connectivity index (χ4n) is 1.75. The maximum atomic E-state index is 10.8. The SMILES string of the molecule is CCCCCC(CCC)CP(=O)(O)O. The summed E-state index contributed by atoms with van der Waals surface area (Å²) in [4.78, 5) is 17.8. The van der Waals surface area contributed by atoms with Crippen molar-refractivity contribution in [2.45, 2.75) is 52.4 Å². The molecule has 0 amide bonds. The molecule has 0 fully saturated rings. The van der Waals surface area contributed by atoms with Crippen LogP contribution in [-0.4, -0.2) is 15.9 Å². The van der Waals surface area contributed by atoms with E-state index in [1.165, 1.54) is 6.42 Å². The van der Waals surface area contributed by atoms with E-state index >= 15 is 0 Å². The molecule has 0 saturated carbocycles. The number of hydrogen-bond donors (Lipinski definition) is 2. The van der Waals surface area contributed by atoms with Gasteiger partial charge in [-0.25, -0.2) is 0 Å². The summed E-state index contributed by atoms with van der Waals surface area (Å²) in [5, 5.41) is 0. The fraction of sp³-hybridized carbons (Fsp3) is 1.00. The van der Waals surface area contributed by atoms with E-state index in [1.54, 1.807) is 0 Å². The van der Waals surface area contributed by atoms with Gasteiger partial charge in [-0.15, -0.1) is 0 Å². The van der Waals surface area contributed by atoms with E-state index in [0.717, 1.165) is 32.1 Å². The number of unbranched alkanes of at least 4 members (excludes halogenated alkanes) is 2. The van der Waals surface area contributed by atoms with Crippen LogP contribution in [0.3, 0.4) is 0 Å². The van der Waals surface area contributed by atoms with Gasteiger partial charge in [0.05, 0.1) is 6.16 Å². The van der Waals surface area contributed by atoms with Crippen molar-refractivity contribution in [3.63, 3.8) is 0 Å². The summed E-state index contributed by atoms with van der Waals surface area (Å²) < 4.78 is 10.8. The molecule has 0 aromatic heterocycles. The highest BCUT2D eigenvalue weighted by molar-refractivity contribution is 7.51. The first kappa shape index (κ1) is 14.2. The molecule has 0 saturated heterocycles. The van der Waals surface area contributed by atoms with Crippen LogP contribution >= 0.6 is 7.60 Å². The van der Waals surface area contributed by atoms with Crippen LogP contribution in [0.5, 0.6) is 0 Å². The monoisotopic (exact) mass is 222 g/mol. The second-order valence-electron chi connectivity index (χ2n) is 4.00. The molecule has 0 aliphatic heterocycles. The lowest BCUT2D eigenvalue weighted by Gasteiger charge is -2.16. The summed E-state index contributed by atoms with van der Waals surface area (Å²) in [6.07, 6.45) is 6.42. The Morgan fingerprint density at radius 1 is 1.07 bits per heavy atom. The highest BCUT2D eigenvalue weighted by Gasteiger charge is 2.20. The molecule has 0 aromatic carbocycles. The Morgan fingerprint density at radius 3 is 2.14 bits per heavy atom. The largest absolute Gasteiger partial charge is 0.325 e. The molecule has 0 rings (SSSR count). The predicted octanol–water partition coefficient (Wildman–Crippen LogP) is 3.16. The van der Waals surface area contributed by atoms with Gasteiger partial charge in [-0.05, 0) is 12.3 Å².